The van der Waals surface area contributed by atoms with Crippen LogP contribution in [0.4, 0.5) is 10.1 Å². The number of hydrogen-bond donors (Lipinski definition) is 1. The monoisotopic (exact) mass is 206 g/mol. The van der Waals surface area contributed by atoms with Crippen LogP contribution in [0.2, 0.25) is 0 Å². The Bertz CT molecular complexity index is 410. The van der Waals surface area contributed by atoms with Crippen LogP contribution in [-0.2, 0) is 11.2 Å². The Hall–Kier alpha value is -1.89. The maximum Gasteiger partial charge on any atom is 0.147 e. The van der Waals surface area contributed by atoms with Crippen LogP contribution in [0, 0.1) is 17.1 Å². The van der Waals surface area contributed by atoms with Gasteiger partial charge in [0, 0.05) is 0 Å². The molecular weight excluding hydrogens is 195 g/mol. The van der Waals surface area contributed by atoms with E-state index in [-0.39, 0.29) is 12.2 Å². The number of halogens is 1. The molecule has 1 aromatic rings. The lowest BCUT2D eigenvalue weighted by molar-refractivity contribution is -0.106. The molecule has 78 valence electrons. The number of rotatable bonds is 4. The van der Waals surface area contributed by atoms with E-state index in [1.165, 1.54) is 6.07 Å². The zero-order valence-electron chi connectivity index (χ0n) is 8.38. The van der Waals surface area contributed by atoms with Crippen LogP contribution in [0.5, 0.6) is 0 Å². The van der Waals surface area contributed by atoms with Crippen molar-refractivity contribution in [1.82, 2.24) is 0 Å². The zero-order chi connectivity index (χ0) is 11.3. The molecule has 0 saturated heterocycles. The van der Waals surface area contributed by atoms with E-state index in [9.17, 15) is 9.18 Å². The molecule has 0 aliphatic heterocycles. The summed E-state index contributed by atoms with van der Waals surface area (Å²) in [5, 5.41) is 11.4. The fourth-order valence-corrected chi connectivity index (χ4v) is 1.30. The standard InChI is InChI=1S/C11H11FN2O/c1-2-8-6-11(14-3-4-15)10(12)5-9(8)7-13/h4-6,14H,2-3H2,1H3. The predicted molar refractivity (Wildman–Crippen MR) is 55.0 cm³/mol. The van der Waals surface area contributed by atoms with Crippen molar-refractivity contribution in [2.45, 2.75) is 13.3 Å². The Labute approximate surface area is 87.5 Å². The van der Waals surface area contributed by atoms with E-state index >= 15 is 0 Å². The van der Waals surface area contributed by atoms with Crippen molar-refractivity contribution < 1.29 is 9.18 Å². The lowest BCUT2D eigenvalue weighted by Gasteiger charge is -2.07. The second-order valence-electron chi connectivity index (χ2n) is 3.00. The fourth-order valence-electron chi connectivity index (χ4n) is 1.30. The van der Waals surface area contributed by atoms with Gasteiger partial charge in [0.25, 0.3) is 0 Å². The average molecular weight is 206 g/mol. The van der Waals surface area contributed by atoms with Crippen molar-refractivity contribution in [1.29, 1.82) is 5.26 Å². The Kier molecular flexibility index (Phi) is 3.81. The van der Waals surface area contributed by atoms with Crippen molar-refractivity contribution in [3.8, 4) is 6.07 Å². The third-order valence-corrected chi connectivity index (χ3v) is 2.07. The summed E-state index contributed by atoms with van der Waals surface area (Å²) >= 11 is 0. The van der Waals surface area contributed by atoms with Gasteiger partial charge in [-0.2, -0.15) is 5.26 Å². The van der Waals surface area contributed by atoms with Crippen LogP contribution >= 0.6 is 0 Å². The maximum absolute atomic E-state index is 13.3. The van der Waals surface area contributed by atoms with Gasteiger partial charge in [-0.25, -0.2) is 4.39 Å². The van der Waals surface area contributed by atoms with Gasteiger partial charge < -0.3 is 10.1 Å². The molecule has 0 aromatic heterocycles. The van der Waals surface area contributed by atoms with E-state index in [1.807, 2.05) is 13.0 Å². The first kappa shape index (κ1) is 11.2. The van der Waals surface area contributed by atoms with Gasteiger partial charge in [-0.1, -0.05) is 6.92 Å². The molecule has 1 aromatic carbocycles. The third kappa shape index (κ3) is 2.53. The van der Waals surface area contributed by atoms with Gasteiger partial charge in [0.05, 0.1) is 23.9 Å². The highest BCUT2D eigenvalue weighted by molar-refractivity contribution is 5.61. The Balaban J connectivity index is 3.09. The number of hydrogen-bond acceptors (Lipinski definition) is 3. The van der Waals surface area contributed by atoms with Gasteiger partial charge in [-0.05, 0) is 24.1 Å². The number of benzene rings is 1. The van der Waals surface area contributed by atoms with Crippen LogP contribution < -0.4 is 5.32 Å². The van der Waals surface area contributed by atoms with Crippen LogP contribution in [0.25, 0.3) is 0 Å². The van der Waals surface area contributed by atoms with Gasteiger partial charge in [0.15, 0.2) is 0 Å². The molecule has 1 rings (SSSR count). The summed E-state index contributed by atoms with van der Waals surface area (Å²) in [7, 11) is 0. The van der Waals surface area contributed by atoms with Crippen LogP contribution in [0.15, 0.2) is 12.1 Å². The highest BCUT2D eigenvalue weighted by atomic mass is 19.1. The lowest BCUT2D eigenvalue weighted by atomic mass is 10.0. The number of nitrogens with zero attached hydrogens (tertiary/aromatic N) is 1. The number of carbonyl (C=O) groups excluding carboxylic acids is 1. The quantitative estimate of drug-likeness (QED) is 0.765. The van der Waals surface area contributed by atoms with Crippen molar-refractivity contribution >= 4 is 12.0 Å². The molecule has 1 N–H and O–H groups in total. The average Bonchev–Trinajstić information content (AvgIpc) is 2.27. The summed E-state index contributed by atoms with van der Waals surface area (Å²) in [6, 6.07) is 4.69. The number of aryl methyl sites for hydroxylation is 1. The van der Waals surface area contributed by atoms with Gasteiger partial charge in [-0.3, -0.25) is 0 Å². The molecule has 0 heterocycles. The minimum Gasteiger partial charge on any atom is -0.376 e. The van der Waals surface area contributed by atoms with E-state index in [0.717, 1.165) is 5.56 Å². The zero-order valence-corrected chi connectivity index (χ0v) is 8.38. The van der Waals surface area contributed by atoms with Crippen molar-refractivity contribution in [3.05, 3.63) is 29.1 Å². The number of nitriles is 1. The molecule has 4 heteroatoms. The van der Waals surface area contributed by atoms with Gasteiger partial charge in [-0.15, -0.1) is 0 Å². The minimum atomic E-state index is -0.509. The molecular formula is C11H11FN2O. The van der Waals surface area contributed by atoms with Gasteiger partial charge in [0.2, 0.25) is 0 Å². The number of nitrogens with one attached hydrogen (secondary N) is 1. The van der Waals surface area contributed by atoms with Crippen molar-refractivity contribution in [2.75, 3.05) is 11.9 Å². The lowest BCUT2D eigenvalue weighted by Crippen LogP contribution is -2.05. The van der Waals surface area contributed by atoms with Gasteiger partial charge in [0.1, 0.15) is 12.1 Å². The van der Waals surface area contributed by atoms with Gasteiger partial charge >= 0.3 is 0 Å². The number of carbonyl (C=O) groups is 1. The summed E-state index contributed by atoms with van der Waals surface area (Å²) < 4.78 is 13.3. The molecule has 0 radical (unpaired) electrons. The third-order valence-electron chi connectivity index (χ3n) is 2.07. The predicted octanol–water partition coefficient (Wildman–Crippen LogP) is 1.87. The van der Waals surface area contributed by atoms with Crippen LogP contribution in [-0.4, -0.2) is 12.8 Å². The van der Waals surface area contributed by atoms with E-state index in [2.05, 4.69) is 5.32 Å². The molecule has 0 atom stereocenters. The van der Waals surface area contributed by atoms with Crippen molar-refractivity contribution in [2.24, 2.45) is 0 Å². The van der Waals surface area contributed by atoms with Crippen LogP contribution in [0.3, 0.4) is 0 Å². The molecule has 0 amide bonds. The Morgan fingerprint density at radius 1 is 1.60 bits per heavy atom. The maximum atomic E-state index is 13.3. The fraction of sp³-hybridized carbons (Fsp3) is 0.273. The molecule has 0 spiro atoms. The van der Waals surface area contributed by atoms with Crippen LogP contribution in [0.1, 0.15) is 18.1 Å². The Morgan fingerprint density at radius 2 is 2.33 bits per heavy atom. The molecule has 0 fully saturated rings. The molecule has 0 aliphatic carbocycles. The molecule has 0 bridgehead atoms. The summed E-state index contributed by atoms with van der Waals surface area (Å²) in [6.45, 7) is 1.95. The normalized spacial score (nSPS) is 9.40. The highest BCUT2D eigenvalue weighted by Gasteiger charge is 2.07. The first-order valence-electron chi connectivity index (χ1n) is 4.63. The summed E-state index contributed by atoms with van der Waals surface area (Å²) in [6.07, 6.45) is 1.31. The SMILES string of the molecule is CCc1cc(NCC=O)c(F)cc1C#N. The topological polar surface area (TPSA) is 52.9 Å². The minimum absolute atomic E-state index is 0.0615. The first-order valence-corrected chi connectivity index (χ1v) is 4.63. The summed E-state index contributed by atoms with van der Waals surface area (Å²) in [4.78, 5) is 10.1. The summed E-state index contributed by atoms with van der Waals surface area (Å²) in [5.41, 5.74) is 1.37. The molecule has 15 heavy (non-hydrogen) atoms. The second-order valence-corrected chi connectivity index (χ2v) is 3.00. The number of aldehydes is 1. The van der Waals surface area contributed by atoms with E-state index in [0.29, 0.717) is 18.3 Å². The molecule has 0 aliphatic rings. The van der Waals surface area contributed by atoms with E-state index in [4.69, 9.17) is 5.26 Å². The molecule has 3 nitrogen and oxygen atoms in total. The van der Waals surface area contributed by atoms with E-state index in [1.54, 1.807) is 6.07 Å². The first-order chi connectivity index (χ1) is 7.22. The molecule has 0 unspecified atom stereocenters. The Morgan fingerprint density at radius 3 is 2.87 bits per heavy atom. The smallest absolute Gasteiger partial charge is 0.147 e. The second kappa shape index (κ2) is 5.11. The number of anilines is 1. The van der Waals surface area contributed by atoms with E-state index < -0.39 is 5.82 Å². The summed E-state index contributed by atoms with van der Waals surface area (Å²) in [5.74, 6) is -0.509. The molecule has 0 saturated carbocycles. The largest absolute Gasteiger partial charge is 0.376 e. The van der Waals surface area contributed by atoms with Crippen molar-refractivity contribution in [3.63, 3.8) is 0 Å². The highest BCUT2D eigenvalue weighted by Crippen LogP contribution is 2.20.